The van der Waals surface area contributed by atoms with Crippen molar-refractivity contribution in [2.24, 2.45) is 5.92 Å². The third-order valence-electron chi connectivity index (χ3n) is 8.96. The number of nitrogens with zero attached hydrogens (tertiary/aromatic N) is 2. The van der Waals surface area contributed by atoms with Crippen LogP contribution in [0.5, 0.6) is 0 Å². The van der Waals surface area contributed by atoms with Crippen molar-refractivity contribution >= 4 is 50.0 Å². The van der Waals surface area contributed by atoms with Gasteiger partial charge in [0.25, 0.3) is 0 Å². The summed E-state index contributed by atoms with van der Waals surface area (Å²) in [6, 6.07) is 52.5. The summed E-state index contributed by atoms with van der Waals surface area (Å²) in [6.07, 6.45) is 2.31. The van der Waals surface area contributed by atoms with Crippen molar-refractivity contribution in [2.75, 3.05) is 0 Å². The maximum atomic E-state index is 8.98. The number of hydrogen-bond acceptors (Lipinski definition) is 2. The van der Waals surface area contributed by atoms with E-state index in [1.807, 2.05) is 68.6 Å². The first-order chi connectivity index (χ1) is 25.0. The number of pyridine rings is 2. The molecule has 2 aromatic heterocycles. The largest absolute Gasteiger partial charge is 0.305 e. The second-order valence-corrected chi connectivity index (χ2v) is 24.6. The van der Waals surface area contributed by atoms with Gasteiger partial charge in [0.05, 0.1) is 0 Å². The number of aromatic nitrogens is 2. The third-order valence-corrected chi connectivity index (χ3v) is 13.2. The van der Waals surface area contributed by atoms with Gasteiger partial charge >= 0.3 is 202 Å². The molecular formula is C47H42GeIrN2-2. The minimum absolute atomic E-state index is 0. The topological polar surface area (TPSA) is 25.8 Å². The van der Waals surface area contributed by atoms with E-state index in [-0.39, 0.29) is 26.0 Å². The summed E-state index contributed by atoms with van der Waals surface area (Å²) >= 11 is -2.37. The van der Waals surface area contributed by atoms with Gasteiger partial charge in [-0.25, -0.2) is 0 Å². The van der Waals surface area contributed by atoms with E-state index in [1.54, 1.807) is 6.20 Å². The van der Waals surface area contributed by atoms with E-state index in [0.717, 1.165) is 37.9 Å². The van der Waals surface area contributed by atoms with Crippen LogP contribution in [0.15, 0.2) is 146 Å². The first-order valence-electron chi connectivity index (χ1n) is 18.3. The molecule has 2 heterocycles. The van der Waals surface area contributed by atoms with Crippen LogP contribution >= 0.6 is 0 Å². The quantitative estimate of drug-likeness (QED) is 0.0944. The molecule has 8 aromatic rings. The molecule has 0 unspecified atom stereocenters. The molecule has 0 saturated heterocycles. The van der Waals surface area contributed by atoms with E-state index in [1.165, 1.54) is 38.1 Å². The van der Waals surface area contributed by atoms with Gasteiger partial charge in [-0.3, -0.25) is 0 Å². The maximum Gasteiger partial charge on any atom is 0.0160 e. The number of hydrogen-bond donors (Lipinski definition) is 0. The van der Waals surface area contributed by atoms with Crippen molar-refractivity contribution in [3.63, 3.8) is 0 Å². The molecule has 255 valence electrons. The molecule has 0 bridgehead atoms. The molecule has 0 atom stereocenters. The van der Waals surface area contributed by atoms with Crippen molar-refractivity contribution in [2.45, 2.75) is 37.5 Å². The van der Waals surface area contributed by atoms with Crippen LogP contribution in [0.1, 0.15) is 22.2 Å². The number of rotatable bonds is 6. The van der Waals surface area contributed by atoms with Crippen LogP contribution in [0.2, 0.25) is 17.3 Å². The Morgan fingerprint density at radius 2 is 1.29 bits per heavy atom. The van der Waals surface area contributed by atoms with Crippen molar-refractivity contribution in [1.82, 2.24) is 9.97 Å². The fraction of sp³-hybridized carbons (Fsp3) is 0.149. The fourth-order valence-corrected chi connectivity index (χ4v) is 9.50. The molecular weight excluding hydrogens is 857 g/mol. The van der Waals surface area contributed by atoms with Gasteiger partial charge < -0.3 is 4.98 Å². The van der Waals surface area contributed by atoms with Crippen LogP contribution in [0.3, 0.4) is 0 Å². The van der Waals surface area contributed by atoms with Crippen molar-refractivity contribution < 1.29 is 22.8 Å². The zero-order valence-corrected chi connectivity index (χ0v) is 34.2. The van der Waals surface area contributed by atoms with Gasteiger partial charge in [-0.2, -0.15) is 0 Å². The van der Waals surface area contributed by atoms with E-state index in [0.29, 0.717) is 0 Å². The van der Waals surface area contributed by atoms with Crippen molar-refractivity contribution in [3.8, 4) is 33.6 Å². The Kier molecular flexibility index (Phi) is 10.5. The molecule has 0 amide bonds. The standard InChI is InChI=1S/C36H34GeN.C11H8N.Ir/c1-24(2)19-28-22-36(38-23-35(28)37(3,4)5)27-16-18-31-29-13-9-10-14-30(29)33-20-26(25-11-7-6-8-12-25)15-17-32(33)34(31)21-27;1-2-6-10(7-3-1)11-8-4-5-9-12-11;/h6-15,17-18,20-24H,19H2,1-5H3;1-6,8-9H;/q2*-1;/i19D2;;. The minimum Gasteiger partial charge on any atom is -0.305 e. The first-order valence-corrected chi connectivity index (χ1v) is 24.6. The second-order valence-electron chi connectivity index (χ2n) is 14.0. The monoisotopic (exact) mass is 903 g/mol. The number of fused-ring (bicyclic) bond motifs is 6. The molecule has 6 aromatic carbocycles. The first kappa shape index (κ1) is 33.7. The zero-order valence-electron chi connectivity index (χ0n) is 31.7. The van der Waals surface area contributed by atoms with Crippen LogP contribution in [-0.4, -0.2) is 23.2 Å². The molecule has 0 N–H and O–H groups in total. The minimum atomic E-state index is -2.37. The molecule has 0 aliphatic carbocycles. The van der Waals surface area contributed by atoms with Gasteiger partial charge in [-0.1, -0.05) is 42.5 Å². The second kappa shape index (κ2) is 15.9. The molecule has 0 aliphatic rings. The van der Waals surface area contributed by atoms with Crippen LogP contribution in [0, 0.1) is 18.1 Å². The van der Waals surface area contributed by atoms with E-state index < -0.39 is 19.6 Å². The predicted octanol–water partition coefficient (Wildman–Crippen LogP) is 12.0. The zero-order chi connectivity index (χ0) is 36.5. The van der Waals surface area contributed by atoms with Crippen LogP contribution in [-0.2, 0) is 26.5 Å². The summed E-state index contributed by atoms with van der Waals surface area (Å²) in [4.78, 5) is 9.12. The Labute approximate surface area is 321 Å². The predicted molar refractivity (Wildman–Crippen MR) is 216 cm³/mol. The Morgan fingerprint density at radius 1 is 0.608 bits per heavy atom. The summed E-state index contributed by atoms with van der Waals surface area (Å²) in [6.45, 7) is 3.92. The molecule has 4 heteroatoms. The molecule has 0 aliphatic heterocycles. The van der Waals surface area contributed by atoms with Crippen molar-refractivity contribution in [1.29, 1.82) is 0 Å². The maximum absolute atomic E-state index is 8.98. The van der Waals surface area contributed by atoms with E-state index >= 15 is 0 Å². The summed E-state index contributed by atoms with van der Waals surface area (Å²) in [5.41, 5.74) is 6.88. The van der Waals surface area contributed by atoms with Crippen LogP contribution in [0.25, 0.3) is 66.0 Å². The fourth-order valence-electron chi connectivity index (χ4n) is 6.56. The Hall–Kier alpha value is -4.41. The normalized spacial score (nSPS) is 12.2. The molecule has 51 heavy (non-hydrogen) atoms. The molecule has 1 radical (unpaired) electrons. The van der Waals surface area contributed by atoms with E-state index in [2.05, 4.69) is 119 Å². The summed E-state index contributed by atoms with van der Waals surface area (Å²) in [7, 11) is 0. The van der Waals surface area contributed by atoms with Gasteiger partial charge in [0.1, 0.15) is 0 Å². The smallest absolute Gasteiger partial charge is 0.0160 e. The Morgan fingerprint density at radius 3 is 1.98 bits per heavy atom. The van der Waals surface area contributed by atoms with Crippen molar-refractivity contribution in [3.05, 3.63) is 164 Å². The molecule has 0 fully saturated rings. The summed E-state index contributed by atoms with van der Waals surface area (Å²) in [5, 5.41) is 7.19. The van der Waals surface area contributed by atoms with Gasteiger partial charge in [-0.05, 0) is 11.8 Å². The summed E-state index contributed by atoms with van der Waals surface area (Å²) < 4.78 is 19.1. The van der Waals surface area contributed by atoms with Gasteiger partial charge in [0, 0.05) is 26.3 Å². The number of benzene rings is 6. The molecule has 0 saturated carbocycles. The van der Waals surface area contributed by atoms with Crippen LogP contribution < -0.4 is 4.40 Å². The van der Waals surface area contributed by atoms with Gasteiger partial charge in [0.2, 0.25) is 0 Å². The van der Waals surface area contributed by atoms with Gasteiger partial charge in [-0.15, -0.1) is 35.9 Å². The average Bonchev–Trinajstić information content (AvgIpc) is 3.18. The van der Waals surface area contributed by atoms with Crippen LogP contribution in [0.4, 0.5) is 0 Å². The van der Waals surface area contributed by atoms with E-state index in [9.17, 15) is 0 Å². The Balaban J connectivity index is 0.000000313. The Bertz CT molecular complexity index is 2460. The SMILES string of the molecule is [2H]C([2H])(c1cc(-c2[c-]cc3c4ccccc4c4cc(-c5ccccc5)ccc4c3c2)nc[c]1[Ge]([CH3])([CH3])[CH3])C(C)C.[Ir].[c-]1ccccc1-c1ccccn1. The average molecular weight is 902 g/mol. The summed E-state index contributed by atoms with van der Waals surface area (Å²) in [5.74, 6) is 6.78. The molecule has 8 rings (SSSR count). The van der Waals surface area contributed by atoms with Gasteiger partial charge in [0.15, 0.2) is 0 Å². The van der Waals surface area contributed by atoms with E-state index in [4.69, 9.17) is 7.73 Å². The molecule has 0 spiro atoms. The molecule has 2 nitrogen and oxygen atoms in total. The third kappa shape index (κ3) is 8.07.